The van der Waals surface area contributed by atoms with Crippen LogP contribution < -0.4 is 0 Å². The molecule has 0 bridgehead atoms. The molecule has 1 rings (SSSR count). The topological polar surface area (TPSA) is 0 Å². The van der Waals surface area contributed by atoms with Crippen LogP contribution in [0.4, 0.5) is 8.78 Å². The minimum absolute atomic E-state index is 0.0000231. The van der Waals surface area contributed by atoms with Gasteiger partial charge in [0.25, 0.3) is 6.43 Å². The van der Waals surface area contributed by atoms with Crippen LogP contribution in [0, 0.1) is 0 Å². The zero-order valence-electron chi connectivity index (χ0n) is 6.03. The Labute approximate surface area is 82.7 Å². The number of benzene rings is 1. The van der Waals surface area contributed by atoms with Crippen LogP contribution in [0.2, 0.25) is 0 Å². The molecule has 0 radical (unpaired) electrons. The van der Waals surface area contributed by atoms with E-state index in [1.54, 1.807) is 6.07 Å². The van der Waals surface area contributed by atoms with Crippen molar-refractivity contribution < 1.29 is 8.78 Å². The maximum absolute atomic E-state index is 12.2. The van der Waals surface area contributed by atoms with Gasteiger partial charge in [-0.15, -0.1) is 11.6 Å². The largest absolute Gasteiger partial charge is 0.263 e. The zero-order chi connectivity index (χ0) is 9.14. The maximum atomic E-state index is 12.2. The third-order valence-corrected chi connectivity index (χ3v) is 2.15. The molecule has 12 heavy (non-hydrogen) atoms. The van der Waals surface area contributed by atoms with E-state index in [0.29, 0.717) is 10.0 Å². The van der Waals surface area contributed by atoms with Gasteiger partial charge in [0.05, 0.1) is 0 Å². The first kappa shape index (κ1) is 9.93. The molecule has 0 amide bonds. The molecule has 0 aliphatic rings. The highest BCUT2D eigenvalue weighted by molar-refractivity contribution is 9.10. The summed E-state index contributed by atoms with van der Waals surface area (Å²) < 4.78 is 25.0. The van der Waals surface area contributed by atoms with E-state index in [2.05, 4.69) is 15.9 Å². The Kier molecular flexibility index (Phi) is 3.47. The second kappa shape index (κ2) is 4.19. The molecule has 0 aliphatic carbocycles. The highest BCUT2D eigenvalue weighted by Gasteiger charge is 2.08. The molecule has 0 atom stereocenters. The molecule has 0 saturated heterocycles. The molecule has 0 unspecified atom stereocenters. The van der Waals surface area contributed by atoms with E-state index in [-0.39, 0.29) is 11.4 Å². The number of hydrogen-bond donors (Lipinski definition) is 0. The SMILES string of the molecule is FC(F)c1cc(Br)cc(CCl)c1. The molecule has 0 nitrogen and oxygen atoms in total. The van der Waals surface area contributed by atoms with Crippen LogP contribution in [-0.2, 0) is 5.88 Å². The van der Waals surface area contributed by atoms with Crippen LogP contribution in [-0.4, -0.2) is 0 Å². The maximum Gasteiger partial charge on any atom is 0.263 e. The molecular formula is C8H6BrClF2. The Balaban J connectivity index is 3.06. The van der Waals surface area contributed by atoms with Gasteiger partial charge in [-0.25, -0.2) is 8.78 Å². The van der Waals surface area contributed by atoms with Crippen molar-refractivity contribution in [2.45, 2.75) is 12.3 Å². The van der Waals surface area contributed by atoms with Gasteiger partial charge in [0, 0.05) is 15.9 Å². The van der Waals surface area contributed by atoms with Gasteiger partial charge in [-0.3, -0.25) is 0 Å². The predicted octanol–water partition coefficient (Wildman–Crippen LogP) is 4.13. The third-order valence-electron chi connectivity index (χ3n) is 1.39. The fraction of sp³-hybridized carbons (Fsp3) is 0.250. The first-order valence-electron chi connectivity index (χ1n) is 3.27. The summed E-state index contributed by atoms with van der Waals surface area (Å²) in [5, 5.41) is 0. The quantitative estimate of drug-likeness (QED) is 0.697. The van der Waals surface area contributed by atoms with Gasteiger partial charge in [-0.05, 0) is 23.8 Å². The Bertz CT molecular complexity index is 276. The Morgan fingerprint density at radius 1 is 1.33 bits per heavy atom. The van der Waals surface area contributed by atoms with Crippen LogP contribution in [0.25, 0.3) is 0 Å². The van der Waals surface area contributed by atoms with Crippen LogP contribution in [0.3, 0.4) is 0 Å². The van der Waals surface area contributed by atoms with Crippen LogP contribution in [0.1, 0.15) is 17.6 Å². The standard InChI is InChI=1S/C8H6BrClF2/c9-7-2-5(4-10)1-6(3-7)8(11)12/h1-3,8H,4H2. The summed E-state index contributed by atoms with van der Waals surface area (Å²) in [6, 6.07) is 4.52. The Morgan fingerprint density at radius 3 is 2.50 bits per heavy atom. The molecule has 0 spiro atoms. The van der Waals surface area contributed by atoms with Gasteiger partial charge < -0.3 is 0 Å². The lowest BCUT2D eigenvalue weighted by molar-refractivity contribution is 0.151. The fourth-order valence-corrected chi connectivity index (χ4v) is 1.59. The zero-order valence-corrected chi connectivity index (χ0v) is 8.37. The monoisotopic (exact) mass is 254 g/mol. The molecule has 4 heteroatoms. The van der Waals surface area contributed by atoms with Gasteiger partial charge in [0.2, 0.25) is 0 Å². The molecule has 0 heterocycles. The summed E-state index contributed by atoms with van der Waals surface area (Å²) >= 11 is 8.64. The van der Waals surface area contributed by atoms with Crippen LogP contribution >= 0.6 is 27.5 Å². The smallest absolute Gasteiger partial charge is 0.205 e. The molecule has 0 aliphatic heterocycles. The number of rotatable bonds is 2. The molecule has 0 fully saturated rings. The van der Waals surface area contributed by atoms with E-state index in [4.69, 9.17) is 11.6 Å². The van der Waals surface area contributed by atoms with E-state index in [1.165, 1.54) is 12.1 Å². The van der Waals surface area contributed by atoms with E-state index in [9.17, 15) is 8.78 Å². The summed E-state index contributed by atoms with van der Waals surface area (Å²) in [6.45, 7) is 0. The number of halogens is 4. The van der Waals surface area contributed by atoms with Crippen molar-refractivity contribution in [1.29, 1.82) is 0 Å². The van der Waals surface area contributed by atoms with Crippen molar-refractivity contribution in [2.75, 3.05) is 0 Å². The molecule has 0 N–H and O–H groups in total. The molecule has 66 valence electrons. The Morgan fingerprint density at radius 2 is 2.00 bits per heavy atom. The van der Waals surface area contributed by atoms with E-state index >= 15 is 0 Å². The van der Waals surface area contributed by atoms with Crippen LogP contribution in [0.15, 0.2) is 22.7 Å². The second-order valence-corrected chi connectivity index (χ2v) is 3.51. The minimum atomic E-state index is -2.44. The molecule has 1 aromatic rings. The van der Waals surface area contributed by atoms with Crippen molar-refractivity contribution >= 4 is 27.5 Å². The molecule has 1 aromatic carbocycles. The van der Waals surface area contributed by atoms with Crippen molar-refractivity contribution in [3.8, 4) is 0 Å². The average molecular weight is 255 g/mol. The van der Waals surface area contributed by atoms with Crippen molar-refractivity contribution in [3.05, 3.63) is 33.8 Å². The number of hydrogen-bond acceptors (Lipinski definition) is 0. The molecule has 0 aromatic heterocycles. The van der Waals surface area contributed by atoms with E-state index in [0.717, 1.165) is 0 Å². The molecular weight excluding hydrogens is 249 g/mol. The lowest BCUT2D eigenvalue weighted by Gasteiger charge is -2.02. The van der Waals surface area contributed by atoms with Crippen molar-refractivity contribution in [2.24, 2.45) is 0 Å². The van der Waals surface area contributed by atoms with Gasteiger partial charge in [0.15, 0.2) is 0 Å². The lowest BCUT2D eigenvalue weighted by atomic mass is 10.1. The Hall–Kier alpha value is -0.150. The minimum Gasteiger partial charge on any atom is -0.205 e. The summed E-state index contributed by atoms with van der Waals surface area (Å²) in [5.41, 5.74) is 0.696. The summed E-state index contributed by atoms with van der Waals surface area (Å²) in [6.07, 6.45) is -2.44. The first-order chi connectivity index (χ1) is 5.63. The average Bonchev–Trinajstić information content (AvgIpc) is 2.03. The summed E-state index contributed by atoms with van der Waals surface area (Å²) in [5.74, 6) is 0.249. The normalized spacial score (nSPS) is 10.8. The van der Waals surface area contributed by atoms with Crippen molar-refractivity contribution in [3.63, 3.8) is 0 Å². The lowest BCUT2D eigenvalue weighted by Crippen LogP contribution is -1.87. The number of alkyl halides is 3. The fourth-order valence-electron chi connectivity index (χ4n) is 0.879. The highest BCUT2D eigenvalue weighted by atomic mass is 79.9. The van der Waals surface area contributed by atoms with E-state index < -0.39 is 6.43 Å². The van der Waals surface area contributed by atoms with Gasteiger partial charge >= 0.3 is 0 Å². The molecule has 0 saturated carbocycles. The van der Waals surface area contributed by atoms with Crippen LogP contribution in [0.5, 0.6) is 0 Å². The van der Waals surface area contributed by atoms with Gasteiger partial charge in [-0.1, -0.05) is 15.9 Å². The predicted molar refractivity (Wildman–Crippen MR) is 48.7 cm³/mol. The van der Waals surface area contributed by atoms with Crippen molar-refractivity contribution in [1.82, 2.24) is 0 Å². The van der Waals surface area contributed by atoms with E-state index in [1.807, 2.05) is 0 Å². The summed E-state index contributed by atoms with van der Waals surface area (Å²) in [4.78, 5) is 0. The van der Waals surface area contributed by atoms with Gasteiger partial charge in [0.1, 0.15) is 0 Å². The summed E-state index contributed by atoms with van der Waals surface area (Å²) in [7, 11) is 0. The highest BCUT2D eigenvalue weighted by Crippen LogP contribution is 2.24. The first-order valence-corrected chi connectivity index (χ1v) is 4.59. The third kappa shape index (κ3) is 2.42. The van der Waals surface area contributed by atoms with Gasteiger partial charge in [-0.2, -0.15) is 0 Å². The second-order valence-electron chi connectivity index (χ2n) is 2.33.